The zero-order chi connectivity index (χ0) is 16.1. The number of anilines is 1. The summed E-state index contributed by atoms with van der Waals surface area (Å²) in [5.74, 6) is -1.33. The molecule has 1 amide bonds. The SMILES string of the molecule is Cc1cc(Br)ccc1NC(=O)COC(=O)c1cccc[n+]1[O-]. The summed E-state index contributed by atoms with van der Waals surface area (Å²) in [7, 11) is 0. The van der Waals surface area contributed by atoms with Crippen LogP contribution in [0.2, 0.25) is 0 Å². The standard InChI is InChI=1S/C15H13BrN2O4/c1-10-8-11(16)5-6-12(10)17-14(19)9-22-15(20)13-4-2-3-7-18(13)21/h2-8H,9H2,1H3,(H,17,19). The Morgan fingerprint density at radius 3 is 2.77 bits per heavy atom. The van der Waals surface area contributed by atoms with Gasteiger partial charge in [0.2, 0.25) is 0 Å². The van der Waals surface area contributed by atoms with Crippen LogP contribution in [0.5, 0.6) is 0 Å². The monoisotopic (exact) mass is 364 g/mol. The number of halogens is 1. The van der Waals surface area contributed by atoms with Crippen LogP contribution in [0.1, 0.15) is 16.1 Å². The topological polar surface area (TPSA) is 82.3 Å². The van der Waals surface area contributed by atoms with Gasteiger partial charge in [0.05, 0.1) is 0 Å². The molecule has 0 saturated carbocycles. The predicted octanol–water partition coefficient (Wildman–Crippen LogP) is 2.19. The van der Waals surface area contributed by atoms with Gasteiger partial charge in [-0.25, -0.2) is 4.79 Å². The molecule has 0 aliphatic heterocycles. The molecule has 0 aliphatic rings. The van der Waals surface area contributed by atoms with Gasteiger partial charge in [-0.05, 0) is 36.8 Å². The number of aryl methyl sites for hydroxylation is 1. The normalized spacial score (nSPS) is 10.1. The van der Waals surface area contributed by atoms with Crippen LogP contribution in [0.3, 0.4) is 0 Å². The van der Waals surface area contributed by atoms with Gasteiger partial charge in [0.1, 0.15) is 0 Å². The van der Waals surface area contributed by atoms with Crippen LogP contribution >= 0.6 is 15.9 Å². The summed E-state index contributed by atoms with van der Waals surface area (Å²) in [5.41, 5.74) is 1.33. The van der Waals surface area contributed by atoms with Crippen LogP contribution in [-0.2, 0) is 9.53 Å². The third-order valence-corrected chi connectivity index (χ3v) is 3.32. The Hall–Kier alpha value is -2.41. The molecule has 0 atom stereocenters. The summed E-state index contributed by atoms with van der Waals surface area (Å²) in [5, 5.41) is 14.0. The Morgan fingerprint density at radius 1 is 1.32 bits per heavy atom. The van der Waals surface area contributed by atoms with Crippen molar-refractivity contribution in [2.45, 2.75) is 6.92 Å². The molecule has 1 N–H and O–H groups in total. The second-order valence-corrected chi connectivity index (χ2v) is 5.41. The van der Waals surface area contributed by atoms with E-state index in [2.05, 4.69) is 21.2 Å². The van der Waals surface area contributed by atoms with Crippen molar-refractivity contribution in [1.29, 1.82) is 0 Å². The zero-order valence-corrected chi connectivity index (χ0v) is 13.3. The molecule has 22 heavy (non-hydrogen) atoms. The van der Waals surface area contributed by atoms with E-state index in [-0.39, 0.29) is 5.69 Å². The van der Waals surface area contributed by atoms with Crippen LogP contribution in [-0.4, -0.2) is 18.5 Å². The third-order valence-electron chi connectivity index (χ3n) is 2.83. The molecule has 114 valence electrons. The molecule has 0 bridgehead atoms. The van der Waals surface area contributed by atoms with E-state index in [1.165, 1.54) is 24.4 Å². The molecule has 0 saturated heterocycles. The molecule has 2 aromatic rings. The van der Waals surface area contributed by atoms with Gasteiger partial charge in [-0.15, -0.1) is 0 Å². The van der Waals surface area contributed by atoms with Crippen molar-refractivity contribution in [1.82, 2.24) is 0 Å². The number of benzene rings is 1. The van der Waals surface area contributed by atoms with Gasteiger partial charge in [0.15, 0.2) is 12.8 Å². The molecule has 0 aliphatic carbocycles. The number of rotatable bonds is 4. The van der Waals surface area contributed by atoms with Crippen molar-refractivity contribution >= 4 is 33.5 Å². The molecule has 6 nitrogen and oxygen atoms in total. The molecule has 0 unspecified atom stereocenters. The molecule has 1 heterocycles. The molecule has 0 fully saturated rings. The molecule has 2 rings (SSSR count). The van der Waals surface area contributed by atoms with E-state index in [0.717, 1.165) is 10.0 Å². The first kappa shape index (κ1) is 16.0. The van der Waals surface area contributed by atoms with Crippen LogP contribution in [0, 0.1) is 12.1 Å². The van der Waals surface area contributed by atoms with Gasteiger partial charge in [0, 0.05) is 22.3 Å². The number of pyridine rings is 1. The zero-order valence-electron chi connectivity index (χ0n) is 11.7. The number of hydrogen-bond acceptors (Lipinski definition) is 4. The maximum atomic E-state index is 11.8. The number of carbonyl (C=O) groups is 2. The maximum absolute atomic E-state index is 11.8. The molecule has 1 aromatic carbocycles. The van der Waals surface area contributed by atoms with Gasteiger partial charge >= 0.3 is 11.7 Å². The lowest BCUT2D eigenvalue weighted by Crippen LogP contribution is -2.35. The van der Waals surface area contributed by atoms with Crippen LogP contribution in [0.25, 0.3) is 0 Å². The smallest absolute Gasteiger partial charge is 0.405 e. The Labute approximate surface area is 135 Å². The summed E-state index contributed by atoms with van der Waals surface area (Å²) < 4.78 is 6.11. The van der Waals surface area contributed by atoms with Crippen LogP contribution < -0.4 is 10.0 Å². The van der Waals surface area contributed by atoms with Crippen LogP contribution in [0.4, 0.5) is 5.69 Å². The second kappa shape index (κ2) is 7.04. The Bertz CT molecular complexity index is 718. The number of nitrogens with one attached hydrogen (secondary N) is 1. The Balaban J connectivity index is 1.93. The van der Waals surface area contributed by atoms with Gasteiger partial charge < -0.3 is 15.3 Å². The average molecular weight is 365 g/mol. The lowest BCUT2D eigenvalue weighted by molar-refractivity contribution is -0.608. The fourth-order valence-electron chi connectivity index (χ4n) is 1.74. The molecule has 0 radical (unpaired) electrons. The highest BCUT2D eigenvalue weighted by atomic mass is 79.9. The average Bonchev–Trinajstić information content (AvgIpc) is 2.48. The fourth-order valence-corrected chi connectivity index (χ4v) is 2.22. The second-order valence-electron chi connectivity index (χ2n) is 4.50. The van der Waals surface area contributed by atoms with Crippen molar-refractivity contribution in [3.8, 4) is 0 Å². The minimum absolute atomic E-state index is 0.171. The van der Waals surface area contributed by atoms with Crippen LogP contribution in [0.15, 0.2) is 47.1 Å². The first-order valence-electron chi connectivity index (χ1n) is 6.38. The highest BCUT2D eigenvalue weighted by molar-refractivity contribution is 9.10. The molecular weight excluding hydrogens is 352 g/mol. The van der Waals surface area contributed by atoms with Gasteiger partial charge in [0.25, 0.3) is 5.91 Å². The van der Waals surface area contributed by atoms with E-state index in [1.54, 1.807) is 12.1 Å². The Morgan fingerprint density at radius 2 is 2.09 bits per heavy atom. The number of esters is 1. The molecule has 0 spiro atoms. The minimum atomic E-state index is -0.849. The van der Waals surface area contributed by atoms with E-state index < -0.39 is 18.5 Å². The molecule has 7 heteroatoms. The van der Waals surface area contributed by atoms with E-state index >= 15 is 0 Å². The first-order valence-corrected chi connectivity index (χ1v) is 7.18. The van der Waals surface area contributed by atoms with Crippen molar-refractivity contribution in [2.75, 3.05) is 11.9 Å². The van der Waals surface area contributed by atoms with E-state index in [9.17, 15) is 14.8 Å². The van der Waals surface area contributed by atoms with Gasteiger partial charge in [-0.3, -0.25) is 4.79 Å². The highest BCUT2D eigenvalue weighted by Gasteiger charge is 2.18. The summed E-state index contributed by atoms with van der Waals surface area (Å²) in [4.78, 5) is 23.5. The Kier molecular flexibility index (Phi) is 5.11. The number of carbonyl (C=O) groups excluding carboxylic acids is 2. The van der Waals surface area contributed by atoms with Gasteiger partial charge in [-0.1, -0.05) is 15.9 Å². The number of amides is 1. The van der Waals surface area contributed by atoms with Gasteiger partial charge in [-0.2, -0.15) is 4.73 Å². The maximum Gasteiger partial charge on any atom is 0.405 e. The van der Waals surface area contributed by atoms with E-state index in [4.69, 9.17) is 4.74 Å². The number of ether oxygens (including phenoxy) is 1. The van der Waals surface area contributed by atoms with Crippen molar-refractivity contribution in [3.05, 3.63) is 63.5 Å². The molecule has 1 aromatic heterocycles. The summed E-state index contributed by atoms with van der Waals surface area (Å²) in [6.45, 7) is 1.37. The largest absolute Gasteiger partial charge is 0.618 e. The van der Waals surface area contributed by atoms with Crippen molar-refractivity contribution in [3.63, 3.8) is 0 Å². The summed E-state index contributed by atoms with van der Waals surface area (Å²) in [6.07, 6.45) is 1.18. The minimum Gasteiger partial charge on any atom is -0.618 e. The van der Waals surface area contributed by atoms with Crippen molar-refractivity contribution < 1.29 is 19.1 Å². The van der Waals surface area contributed by atoms with E-state index in [0.29, 0.717) is 10.4 Å². The lowest BCUT2D eigenvalue weighted by atomic mass is 10.2. The highest BCUT2D eigenvalue weighted by Crippen LogP contribution is 2.19. The number of hydrogen-bond donors (Lipinski definition) is 1. The molecular formula is C15H13BrN2O4. The van der Waals surface area contributed by atoms with Crippen molar-refractivity contribution in [2.24, 2.45) is 0 Å². The quantitative estimate of drug-likeness (QED) is 0.512. The summed E-state index contributed by atoms with van der Waals surface area (Å²) >= 11 is 3.33. The number of nitrogens with zero attached hydrogens (tertiary/aromatic N) is 1. The predicted molar refractivity (Wildman–Crippen MR) is 83.2 cm³/mol. The summed E-state index contributed by atoms with van der Waals surface area (Å²) in [6, 6.07) is 9.74. The lowest BCUT2D eigenvalue weighted by Gasteiger charge is -2.09. The first-order chi connectivity index (χ1) is 10.5. The third kappa shape index (κ3) is 4.05. The van der Waals surface area contributed by atoms with E-state index in [1.807, 2.05) is 13.0 Å². The number of aromatic nitrogens is 1. The fraction of sp³-hybridized carbons (Fsp3) is 0.133.